The van der Waals surface area contributed by atoms with Gasteiger partial charge in [0, 0.05) is 21.1 Å². The molecule has 112 valence electrons. The van der Waals surface area contributed by atoms with E-state index in [1.54, 1.807) is 6.07 Å². The lowest BCUT2D eigenvalue weighted by molar-refractivity contribution is 0.547. The number of rotatable bonds is 5. The molecule has 0 aliphatic heterocycles. The summed E-state index contributed by atoms with van der Waals surface area (Å²) in [6.45, 7) is 0. The molecule has 5 heteroatoms. The van der Waals surface area contributed by atoms with Crippen LogP contribution in [0.5, 0.6) is 0 Å². The second-order valence-electron chi connectivity index (χ2n) is 4.95. The Kier molecular flexibility index (Phi) is 6.13. The van der Waals surface area contributed by atoms with Gasteiger partial charge < -0.3 is 0 Å². The Morgan fingerprint density at radius 2 is 1.67 bits per heavy atom. The Bertz CT molecular complexity index is 627. The lowest BCUT2D eigenvalue weighted by Crippen LogP contribution is -2.33. The topological polar surface area (TPSA) is 0 Å². The Labute approximate surface area is 150 Å². The summed E-state index contributed by atoms with van der Waals surface area (Å²) in [6.07, 6.45) is 0.612. The van der Waals surface area contributed by atoms with E-state index in [2.05, 4.69) is 31.9 Å². The van der Waals surface area contributed by atoms with Gasteiger partial charge >= 0.3 is 0 Å². The van der Waals surface area contributed by atoms with Crippen molar-refractivity contribution in [3.8, 4) is 0 Å². The van der Waals surface area contributed by atoms with E-state index >= 15 is 0 Å². The van der Waals surface area contributed by atoms with Crippen LogP contribution in [0.2, 0.25) is 10.0 Å². The lowest BCUT2D eigenvalue weighted by Gasteiger charge is -2.31. The molecular formula is C16H13Br2Cl2F. The number of hydrogen-bond acceptors (Lipinski definition) is 0. The molecule has 21 heavy (non-hydrogen) atoms. The summed E-state index contributed by atoms with van der Waals surface area (Å²) in [6, 6.07) is 12.6. The van der Waals surface area contributed by atoms with Crippen molar-refractivity contribution in [3.63, 3.8) is 0 Å². The van der Waals surface area contributed by atoms with Gasteiger partial charge in [0.2, 0.25) is 0 Å². The lowest BCUT2D eigenvalue weighted by atomic mass is 9.79. The Morgan fingerprint density at radius 1 is 1.00 bits per heavy atom. The van der Waals surface area contributed by atoms with Crippen LogP contribution in [0.4, 0.5) is 4.39 Å². The molecule has 0 aromatic heterocycles. The maximum Gasteiger partial charge on any atom is 0.142 e. The van der Waals surface area contributed by atoms with Crippen LogP contribution in [0.25, 0.3) is 0 Å². The maximum atomic E-state index is 13.7. The van der Waals surface area contributed by atoms with Crippen molar-refractivity contribution < 1.29 is 4.39 Å². The second kappa shape index (κ2) is 7.45. The molecule has 0 aliphatic rings. The van der Waals surface area contributed by atoms with E-state index in [-0.39, 0.29) is 10.4 Å². The first-order chi connectivity index (χ1) is 10.0. The molecule has 0 saturated heterocycles. The van der Waals surface area contributed by atoms with Crippen LogP contribution >= 0.6 is 55.1 Å². The van der Waals surface area contributed by atoms with E-state index in [9.17, 15) is 4.39 Å². The highest BCUT2D eigenvalue weighted by Crippen LogP contribution is 2.36. The second-order valence-corrected chi connectivity index (χ2v) is 6.88. The molecule has 0 unspecified atom stereocenters. The summed E-state index contributed by atoms with van der Waals surface area (Å²) in [7, 11) is 0. The Morgan fingerprint density at radius 3 is 2.29 bits per heavy atom. The average Bonchev–Trinajstić information content (AvgIpc) is 2.49. The summed E-state index contributed by atoms with van der Waals surface area (Å²) in [5.74, 6) is -0.390. The summed E-state index contributed by atoms with van der Waals surface area (Å²) < 4.78 is 13.7. The molecular weight excluding hydrogens is 442 g/mol. The summed E-state index contributed by atoms with van der Waals surface area (Å²) >= 11 is 19.4. The van der Waals surface area contributed by atoms with Gasteiger partial charge in [-0.2, -0.15) is 0 Å². The van der Waals surface area contributed by atoms with Gasteiger partial charge in [0.15, 0.2) is 0 Å². The van der Waals surface area contributed by atoms with Gasteiger partial charge in [-0.25, -0.2) is 4.39 Å². The molecule has 0 amide bonds. The van der Waals surface area contributed by atoms with Crippen LogP contribution < -0.4 is 0 Å². The highest BCUT2D eigenvalue weighted by Gasteiger charge is 2.31. The fourth-order valence-electron chi connectivity index (χ4n) is 2.25. The SMILES string of the molecule is Fc1cccc(CC(CBr)(CBr)c2cccc(Cl)c2)c1Cl. The minimum atomic E-state index is -0.390. The van der Waals surface area contributed by atoms with Gasteiger partial charge in [0.25, 0.3) is 0 Å². The quantitative estimate of drug-likeness (QED) is 0.458. The van der Waals surface area contributed by atoms with Gasteiger partial charge in [-0.05, 0) is 35.7 Å². The van der Waals surface area contributed by atoms with E-state index in [0.717, 1.165) is 11.1 Å². The van der Waals surface area contributed by atoms with Crippen LogP contribution in [0.1, 0.15) is 11.1 Å². The minimum Gasteiger partial charge on any atom is -0.205 e. The van der Waals surface area contributed by atoms with E-state index in [0.29, 0.717) is 22.1 Å². The van der Waals surface area contributed by atoms with Crippen LogP contribution in [0.15, 0.2) is 42.5 Å². The standard InChI is InChI=1S/C16H13Br2Cl2F/c17-9-16(10-18,12-4-2-5-13(19)7-12)8-11-3-1-6-14(21)15(11)20/h1-7H,8-10H2. The van der Waals surface area contributed by atoms with Crippen molar-refractivity contribution in [3.05, 3.63) is 69.5 Å². The zero-order valence-corrected chi connectivity index (χ0v) is 15.7. The zero-order valence-electron chi connectivity index (χ0n) is 11.1. The van der Waals surface area contributed by atoms with Crippen LogP contribution in [0.3, 0.4) is 0 Å². The summed E-state index contributed by atoms with van der Waals surface area (Å²) in [5, 5.41) is 2.28. The van der Waals surface area contributed by atoms with Gasteiger partial charge in [0.05, 0.1) is 5.02 Å². The molecule has 2 rings (SSSR count). The molecule has 0 spiro atoms. The maximum absolute atomic E-state index is 13.7. The van der Waals surface area contributed by atoms with Gasteiger partial charge in [-0.1, -0.05) is 79.3 Å². The third kappa shape index (κ3) is 3.82. The van der Waals surface area contributed by atoms with E-state index in [4.69, 9.17) is 23.2 Å². The summed E-state index contributed by atoms with van der Waals surface area (Å²) in [5.41, 5.74) is 1.63. The number of hydrogen-bond donors (Lipinski definition) is 0. The normalized spacial score (nSPS) is 11.7. The molecule has 0 nitrogen and oxygen atoms in total. The van der Waals surface area contributed by atoms with Gasteiger partial charge in [0.1, 0.15) is 5.82 Å². The Hall–Kier alpha value is -0.0900. The molecule has 2 aromatic carbocycles. The molecule has 2 aromatic rings. The Balaban J connectivity index is 2.45. The summed E-state index contributed by atoms with van der Waals surface area (Å²) in [4.78, 5) is 0. The van der Waals surface area contributed by atoms with Crippen molar-refractivity contribution in [1.29, 1.82) is 0 Å². The predicted octanol–water partition coefficient (Wildman–Crippen LogP) is 6.40. The third-order valence-corrected chi connectivity index (χ3v) is 6.31. The van der Waals surface area contributed by atoms with E-state index in [1.807, 2.05) is 30.3 Å². The third-order valence-electron chi connectivity index (χ3n) is 3.51. The van der Waals surface area contributed by atoms with E-state index < -0.39 is 5.82 Å². The van der Waals surface area contributed by atoms with Crippen LogP contribution in [0, 0.1) is 5.82 Å². The fourth-order valence-corrected chi connectivity index (χ4v) is 4.61. The molecule has 0 aliphatic carbocycles. The first kappa shape index (κ1) is 17.3. The van der Waals surface area contributed by atoms with Crippen molar-refractivity contribution in [2.24, 2.45) is 0 Å². The van der Waals surface area contributed by atoms with Crippen LogP contribution in [-0.2, 0) is 11.8 Å². The smallest absolute Gasteiger partial charge is 0.142 e. The van der Waals surface area contributed by atoms with Crippen LogP contribution in [-0.4, -0.2) is 10.7 Å². The number of benzene rings is 2. The van der Waals surface area contributed by atoms with E-state index in [1.165, 1.54) is 6.07 Å². The van der Waals surface area contributed by atoms with Crippen molar-refractivity contribution in [1.82, 2.24) is 0 Å². The number of alkyl halides is 2. The molecule has 0 bridgehead atoms. The first-order valence-electron chi connectivity index (χ1n) is 6.33. The zero-order chi connectivity index (χ0) is 15.5. The monoisotopic (exact) mass is 452 g/mol. The van der Waals surface area contributed by atoms with Gasteiger partial charge in [-0.15, -0.1) is 0 Å². The predicted molar refractivity (Wildman–Crippen MR) is 95.8 cm³/mol. The minimum absolute atomic E-state index is 0.186. The van der Waals surface area contributed by atoms with Gasteiger partial charge in [-0.3, -0.25) is 0 Å². The fraction of sp³-hybridized carbons (Fsp3) is 0.250. The van der Waals surface area contributed by atoms with Crippen molar-refractivity contribution in [2.45, 2.75) is 11.8 Å². The molecule has 0 N–H and O–H groups in total. The average molecular weight is 455 g/mol. The molecule has 0 atom stereocenters. The van der Waals surface area contributed by atoms with Crippen molar-refractivity contribution in [2.75, 3.05) is 10.7 Å². The molecule has 0 saturated carbocycles. The van der Waals surface area contributed by atoms with Crippen molar-refractivity contribution >= 4 is 55.1 Å². The molecule has 0 fully saturated rings. The highest BCUT2D eigenvalue weighted by atomic mass is 79.9. The molecule has 0 heterocycles. The first-order valence-corrected chi connectivity index (χ1v) is 9.33. The number of halogens is 5. The highest BCUT2D eigenvalue weighted by molar-refractivity contribution is 9.09. The largest absolute Gasteiger partial charge is 0.205 e. The molecule has 0 radical (unpaired) electrons.